The lowest BCUT2D eigenvalue weighted by Crippen LogP contribution is -2.56. The van der Waals surface area contributed by atoms with Crippen LogP contribution in [0, 0.1) is 0 Å². The van der Waals surface area contributed by atoms with Crippen LogP contribution in [-0.4, -0.2) is 61.7 Å². The zero-order valence-electron chi connectivity index (χ0n) is 15.3. The number of carbonyl (C=O) groups is 1. The van der Waals surface area contributed by atoms with Crippen molar-refractivity contribution < 1.29 is 19.0 Å². The van der Waals surface area contributed by atoms with Crippen LogP contribution in [0.1, 0.15) is 25.8 Å². The molecule has 1 aliphatic heterocycles. The van der Waals surface area contributed by atoms with Gasteiger partial charge in [-0.2, -0.15) is 0 Å². The lowest BCUT2D eigenvalue weighted by atomic mass is 10.1. The highest BCUT2D eigenvalue weighted by Gasteiger charge is 2.34. The van der Waals surface area contributed by atoms with Crippen LogP contribution in [0.2, 0.25) is 0 Å². The fraction of sp³-hybridized carbons (Fsp3) is 0.556. The first kappa shape index (κ1) is 19.2. The van der Waals surface area contributed by atoms with Gasteiger partial charge in [0.15, 0.2) is 0 Å². The van der Waals surface area contributed by atoms with Gasteiger partial charge in [-0.05, 0) is 38.9 Å². The van der Waals surface area contributed by atoms with E-state index < -0.39 is 6.29 Å². The van der Waals surface area contributed by atoms with Crippen LogP contribution in [0.3, 0.4) is 0 Å². The number of amides is 1. The van der Waals surface area contributed by atoms with E-state index in [0.717, 1.165) is 12.0 Å². The SMILES string of the molecule is CN[C@@H](C)C/C=C/c1cncc(OC2CN(C(=O)OC(C)OC)C2)c1. The van der Waals surface area contributed by atoms with E-state index in [0.29, 0.717) is 24.9 Å². The average Bonchev–Trinajstić information content (AvgIpc) is 2.57. The van der Waals surface area contributed by atoms with Crippen molar-refractivity contribution in [3.05, 3.63) is 30.1 Å². The number of aromatic nitrogens is 1. The number of rotatable bonds is 8. The molecule has 0 spiro atoms. The highest BCUT2D eigenvalue weighted by atomic mass is 16.7. The molecule has 0 aliphatic carbocycles. The Kier molecular flexibility index (Phi) is 7.21. The standard InChI is InChI=1S/C18H27N3O4/c1-13(19-3)6-5-7-15-8-16(10-20-9-15)25-17-11-21(12-17)18(22)24-14(2)23-4/h5,7-10,13-14,17,19H,6,11-12H2,1-4H3/b7-5+/t13-,14?/m0/s1. The van der Waals surface area contributed by atoms with Gasteiger partial charge in [0.2, 0.25) is 6.29 Å². The molecule has 1 N–H and O–H groups in total. The Morgan fingerprint density at radius 2 is 2.20 bits per heavy atom. The molecule has 2 rings (SSSR count). The fourth-order valence-corrected chi connectivity index (χ4v) is 2.24. The van der Waals surface area contributed by atoms with Gasteiger partial charge in [0.25, 0.3) is 0 Å². The predicted molar refractivity (Wildman–Crippen MR) is 95.4 cm³/mol. The van der Waals surface area contributed by atoms with Crippen molar-refractivity contribution in [1.82, 2.24) is 15.2 Å². The number of methoxy groups -OCH3 is 1. The molecule has 1 aromatic rings. The summed E-state index contributed by atoms with van der Waals surface area (Å²) in [5, 5.41) is 3.19. The van der Waals surface area contributed by atoms with Crippen LogP contribution >= 0.6 is 0 Å². The number of nitrogens with one attached hydrogen (secondary N) is 1. The predicted octanol–water partition coefficient (Wildman–Crippen LogP) is 2.28. The van der Waals surface area contributed by atoms with E-state index in [9.17, 15) is 4.79 Å². The maximum atomic E-state index is 11.8. The molecule has 138 valence electrons. The maximum absolute atomic E-state index is 11.8. The average molecular weight is 349 g/mol. The number of carbonyl (C=O) groups excluding carboxylic acids is 1. The quantitative estimate of drug-likeness (QED) is 0.726. The zero-order chi connectivity index (χ0) is 18.2. The summed E-state index contributed by atoms with van der Waals surface area (Å²) in [4.78, 5) is 17.6. The molecular weight excluding hydrogens is 322 g/mol. The molecule has 25 heavy (non-hydrogen) atoms. The van der Waals surface area contributed by atoms with Gasteiger partial charge in [-0.25, -0.2) is 4.79 Å². The zero-order valence-corrected chi connectivity index (χ0v) is 15.3. The van der Waals surface area contributed by atoms with Crippen LogP contribution in [0.25, 0.3) is 6.08 Å². The molecule has 1 saturated heterocycles. The van der Waals surface area contributed by atoms with Gasteiger partial charge < -0.3 is 24.4 Å². The Hall–Kier alpha value is -2.12. The molecule has 2 heterocycles. The molecule has 1 amide bonds. The largest absolute Gasteiger partial charge is 0.485 e. The molecule has 2 atom stereocenters. The van der Waals surface area contributed by atoms with Crippen LogP contribution in [0.5, 0.6) is 5.75 Å². The second kappa shape index (κ2) is 9.39. The van der Waals surface area contributed by atoms with Crippen molar-refractivity contribution in [2.75, 3.05) is 27.2 Å². The van der Waals surface area contributed by atoms with Crippen LogP contribution in [0.4, 0.5) is 4.79 Å². The summed E-state index contributed by atoms with van der Waals surface area (Å²) in [5.41, 5.74) is 0.991. The third-order valence-electron chi connectivity index (χ3n) is 4.03. The number of pyridine rings is 1. The molecule has 7 nitrogen and oxygen atoms in total. The fourth-order valence-electron chi connectivity index (χ4n) is 2.24. The topological polar surface area (TPSA) is 72.9 Å². The van der Waals surface area contributed by atoms with Gasteiger partial charge in [0.1, 0.15) is 11.9 Å². The summed E-state index contributed by atoms with van der Waals surface area (Å²) < 4.78 is 15.8. The van der Waals surface area contributed by atoms with Crippen molar-refractivity contribution in [2.24, 2.45) is 0 Å². The van der Waals surface area contributed by atoms with Gasteiger partial charge in [0.05, 0.1) is 19.3 Å². The maximum Gasteiger partial charge on any atom is 0.412 e. The minimum Gasteiger partial charge on any atom is -0.485 e. The summed E-state index contributed by atoms with van der Waals surface area (Å²) in [5.74, 6) is 0.701. The van der Waals surface area contributed by atoms with Crippen LogP contribution in [-0.2, 0) is 9.47 Å². The summed E-state index contributed by atoms with van der Waals surface area (Å²) in [7, 11) is 3.44. The van der Waals surface area contributed by atoms with Crippen LogP contribution in [0.15, 0.2) is 24.5 Å². The number of likely N-dealkylation sites (tertiary alicyclic amines) is 1. The molecule has 7 heteroatoms. The molecule has 0 aromatic carbocycles. The number of hydrogen-bond donors (Lipinski definition) is 1. The van der Waals surface area contributed by atoms with E-state index in [4.69, 9.17) is 14.2 Å². The molecule has 1 aromatic heterocycles. The van der Waals surface area contributed by atoms with Crippen molar-refractivity contribution in [3.8, 4) is 5.75 Å². The summed E-state index contributed by atoms with van der Waals surface area (Å²) in [6.07, 6.45) is 7.58. The molecule has 0 radical (unpaired) electrons. The first-order valence-electron chi connectivity index (χ1n) is 8.45. The highest BCUT2D eigenvalue weighted by molar-refractivity contribution is 5.68. The smallest absolute Gasteiger partial charge is 0.412 e. The van der Waals surface area contributed by atoms with Gasteiger partial charge in [-0.3, -0.25) is 4.98 Å². The van der Waals surface area contributed by atoms with Gasteiger partial charge >= 0.3 is 6.09 Å². The van der Waals surface area contributed by atoms with E-state index >= 15 is 0 Å². The third kappa shape index (κ3) is 6.03. The van der Waals surface area contributed by atoms with Gasteiger partial charge in [-0.15, -0.1) is 0 Å². The monoisotopic (exact) mass is 349 g/mol. The van der Waals surface area contributed by atoms with E-state index in [1.165, 1.54) is 7.11 Å². The summed E-state index contributed by atoms with van der Waals surface area (Å²) in [6, 6.07) is 2.38. The first-order valence-corrected chi connectivity index (χ1v) is 8.45. The Labute approximate surface area is 149 Å². The van der Waals surface area contributed by atoms with Crippen molar-refractivity contribution in [3.63, 3.8) is 0 Å². The van der Waals surface area contributed by atoms with E-state index in [1.54, 1.807) is 24.2 Å². The van der Waals surface area contributed by atoms with Crippen molar-refractivity contribution in [1.29, 1.82) is 0 Å². The second-order valence-electron chi connectivity index (χ2n) is 6.11. The number of nitrogens with zero attached hydrogens (tertiary/aromatic N) is 2. The lowest BCUT2D eigenvalue weighted by molar-refractivity contribution is -0.0902. The number of hydrogen-bond acceptors (Lipinski definition) is 6. The minimum absolute atomic E-state index is 0.0456. The summed E-state index contributed by atoms with van der Waals surface area (Å²) >= 11 is 0. The van der Waals surface area contributed by atoms with Crippen molar-refractivity contribution >= 4 is 12.2 Å². The Morgan fingerprint density at radius 3 is 2.88 bits per heavy atom. The van der Waals surface area contributed by atoms with E-state index in [-0.39, 0.29) is 12.2 Å². The minimum atomic E-state index is -0.550. The van der Waals surface area contributed by atoms with Crippen molar-refractivity contribution in [2.45, 2.75) is 38.7 Å². The highest BCUT2D eigenvalue weighted by Crippen LogP contribution is 2.20. The molecule has 0 bridgehead atoms. The van der Waals surface area contributed by atoms with Gasteiger partial charge in [0, 0.05) is 19.3 Å². The van der Waals surface area contributed by atoms with E-state index in [2.05, 4.69) is 23.3 Å². The Bertz CT molecular complexity index is 587. The van der Waals surface area contributed by atoms with Gasteiger partial charge in [-0.1, -0.05) is 12.2 Å². The molecule has 1 fully saturated rings. The first-order chi connectivity index (χ1) is 12.0. The van der Waals surface area contributed by atoms with Crippen LogP contribution < -0.4 is 10.1 Å². The molecular formula is C18H27N3O4. The molecule has 1 unspecified atom stereocenters. The lowest BCUT2D eigenvalue weighted by Gasteiger charge is -2.38. The Morgan fingerprint density at radius 1 is 1.44 bits per heavy atom. The third-order valence-corrected chi connectivity index (χ3v) is 4.03. The second-order valence-corrected chi connectivity index (χ2v) is 6.11. The summed E-state index contributed by atoms with van der Waals surface area (Å²) in [6.45, 7) is 4.79. The molecule has 0 saturated carbocycles. The Balaban J connectivity index is 1.79. The normalized spacial score (nSPS) is 17.2. The number of ether oxygens (including phenoxy) is 3. The van der Waals surface area contributed by atoms with E-state index in [1.807, 2.05) is 19.2 Å². The molecule has 1 aliphatic rings.